The number of carbonyl (C=O) groups is 1. The smallest absolute Gasteiger partial charge is 0.260 e. The Bertz CT molecular complexity index is 1260. The largest absolute Gasteiger partial charge is 0.379 e. The summed E-state index contributed by atoms with van der Waals surface area (Å²) in [6, 6.07) is 10.0. The number of hydrogen-bond donors (Lipinski definition) is 0. The zero-order chi connectivity index (χ0) is 22.1. The number of aromatic nitrogens is 2. The number of rotatable bonds is 6. The minimum absolute atomic E-state index is 0.00397. The van der Waals surface area contributed by atoms with E-state index in [2.05, 4.69) is 35.9 Å². The van der Waals surface area contributed by atoms with Gasteiger partial charge in [0.05, 0.1) is 39.2 Å². The van der Waals surface area contributed by atoms with Crippen molar-refractivity contribution in [3.63, 3.8) is 0 Å². The minimum Gasteiger partial charge on any atom is -0.379 e. The zero-order valence-electron chi connectivity index (χ0n) is 18.3. The number of benzene rings is 2. The van der Waals surface area contributed by atoms with Gasteiger partial charge >= 0.3 is 0 Å². The summed E-state index contributed by atoms with van der Waals surface area (Å²) in [5.74, 6) is -0.00397. The predicted octanol–water partition coefficient (Wildman–Crippen LogP) is 4.89. The number of thiazole rings is 2. The van der Waals surface area contributed by atoms with Crippen LogP contribution in [0.1, 0.15) is 27.9 Å². The van der Waals surface area contributed by atoms with Gasteiger partial charge in [-0.1, -0.05) is 17.4 Å². The lowest BCUT2D eigenvalue weighted by molar-refractivity contribution is 0.0376. The Morgan fingerprint density at radius 3 is 2.84 bits per heavy atom. The summed E-state index contributed by atoms with van der Waals surface area (Å²) >= 11 is 3.16. The van der Waals surface area contributed by atoms with Crippen molar-refractivity contribution >= 4 is 54.1 Å². The first-order valence-corrected chi connectivity index (χ1v) is 12.6. The van der Waals surface area contributed by atoms with E-state index in [0.29, 0.717) is 12.1 Å². The third kappa shape index (κ3) is 4.41. The van der Waals surface area contributed by atoms with Gasteiger partial charge in [0.15, 0.2) is 5.13 Å². The van der Waals surface area contributed by atoms with Gasteiger partial charge in [-0.25, -0.2) is 9.97 Å². The fraction of sp³-hybridized carbons (Fsp3) is 0.375. The van der Waals surface area contributed by atoms with Crippen molar-refractivity contribution in [3.05, 3.63) is 52.5 Å². The van der Waals surface area contributed by atoms with Gasteiger partial charge in [-0.15, -0.1) is 11.3 Å². The van der Waals surface area contributed by atoms with Gasteiger partial charge in [0.1, 0.15) is 0 Å². The van der Waals surface area contributed by atoms with E-state index in [4.69, 9.17) is 9.72 Å². The Morgan fingerprint density at radius 2 is 2.00 bits per heavy atom. The summed E-state index contributed by atoms with van der Waals surface area (Å²) in [4.78, 5) is 27.1. The second kappa shape index (κ2) is 9.23. The zero-order valence-corrected chi connectivity index (χ0v) is 20.0. The molecule has 32 heavy (non-hydrogen) atoms. The highest BCUT2D eigenvalue weighted by molar-refractivity contribution is 7.22. The number of aryl methyl sites for hydroxylation is 2. The number of fused-ring (bicyclic) bond motifs is 2. The molecule has 3 heterocycles. The van der Waals surface area contributed by atoms with E-state index < -0.39 is 0 Å². The number of nitrogens with zero attached hydrogens (tertiary/aromatic N) is 4. The van der Waals surface area contributed by atoms with E-state index in [1.165, 1.54) is 11.1 Å². The van der Waals surface area contributed by atoms with Crippen LogP contribution in [0, 0.1) is 13.8 Å². The molecule has 8 heteroatoms. The highest BCUT2D eigenvalue weighted by Gasteiger charge is 2.23. The topological polar surface area (TPSA) is 58.6 Å². The van der Waals surface area contributed by atoms with Crippen LogP contribution in [0.2, 0.25) is 0 Å². The molecule has 1 fully saturated rings. The number of hydrogen-bond acceptors (Lipinski definition) is 7. The van der Waals surface area contributed by atoms with Gasteiger partial charge < -0.3 is 4.74 Å². The number of anilines is 1. The van der Waals surface area contributed by atoms with Gasteiger partial charge in [0, 0.05) is 31.7 Å². The fourth-order valence-electron chi connectivity index (χ4n) is 4.19. The molecule has 0 N–H and O–H groups in total. The maximum Gasteiger partial charge on any atom is 0.260 e. The van der Waals surface area contributed by atoms with E-state index in [-0.39, 0.29) is 5.91 Å². The standard InChI is InChI=1S/C24H26N4O2S2/c1-16-12-17(2)22-20(13-16)26-24(32-22)28(7-3-6-27-8-10-30-11-9-27)23(29)18-4-5-19-21(14-18)31-15-25-19/h4-5,12-15H,3,6-11H2,1-2H3. The van der Waals surface area contributed by atoms with Crippen molar-refractivity contribution in [2.45, 2.75) is 20.3 Å². The molecule has 2 aromatic heterocycles. The summed E-state index contributed by atoms with van der Waals surface area (Å²) in [6.45, 7) is 9.26. The first kappa shape index (κ1) is 21.5. The Morgan fingerprint density at radius 1 is 1.16 bits per heavy atom. The lowest BCUT2D eigenvalue weighted by atomic mass is 10.1. The van der Waals surface area contributed by atoms with Gasteiger partial charge in [-0.3, -0.25) is 14.6 Å². The molecule has 5 rings (SSSR count). The molecule has 0 aliphatic carbocycles. The van der Waals surface area contributed by atoms with Gasteiger partial charge in [-0.05, 0) is 55.7 Å². The van der Waals surface area contributed by atoms with Crippen LogP contribution in [0.15, 0.2) is 35.8 Å². The Labute approximate surface area is 195 Å². The molecule has 0 radical (unpaired) electrons. The summed E-state index contributed by atoms with van der Waals surface area (Å²) in [7, 11) is 0. The third-order valence-corrected chi connectivity index (χ3v) is 7.84. The quantitative estimate of drug-likeness (QED) is 0.405. The maximum absolute atomic E-state index is 13.7. The first-order chi connectivity index (χ1) is 15.6. The molecular formula is C24H26N4O2S2. The van der Waals surface area contributed by atoms with E-state index in [1.807, 2.05) is 28.6 Å². The molecule has 2 aromatic carbocycles. The summed E-state index contributed by atoms with van der Waals surface area (Å²) < 4.78 is 7.63. The molecule has 1 amide bonds. The lowest BCUT2D eigenvalue weighted by Crippen LogP contribution is -2.39. The first-order valence-electron chi connectivity index (χ1n) is 10.9. The van der Waals surface area contributed by atoms with Crippen molar-refractivity contribution in [3.8, 4) is 0 Å². The molecular weight excluding hydrogens is 440 g/mol. The van der Waals surface area contributed by atoms with Crippen molar-refractivity contribution in [1.82, 2.24) is 14.9 Å². The van der Waals surface area contributed by atoms with Gasteiger partial charge in [0.25, 0.3) is 5.91 Å². The fourth-order valence-corrected chi connectivity index (χ4v) is 5.94. The monoisotopic (exact) mass is 466 g/mol. The number of amides is 1. The second-order valence-electron chi connectivity index (χ2n) is 8.23. The van der Waals surface area contributed by atoms with Crippen LogP contribution in [0.3, 0.4) is 0 Å². The predicted molar refractivity (Wildman–Crippen MR) is 132 cm³/mol. The Hall–Kier alpha value is -2.39. The van der Waals surface area contributed by atoms with Crippen molar-refractivity contribution < 1.29 is 9.53 Å². The van der Waals surface area contributed by atoms with Crippen molar-refractivity contribution in [2.75, 3.05) is 44.3 Å². The molecule has 1 aliphatic heterocycles. The van der Waals surface area contributed by atoms with Crippen LogP contribution in [0.4, 0.5) is 5.13 Å². The summed E-state index contributed by atoms with van der Waals surface area (Å²) in [5.41, 5.74) is 6.78. The SMILES string of the molecule is Cc1cc(C)c2sc(N(CCCN3CCOCC3)C(=O)c3ccc4ncsc4c3)nc2c1. The van der Waals surface area contributed by atoms with Crippen molar-refractivity contribution in [2.24, 2.45) is 0 Å². The third-order valence-electron chi connectivity index (χ3n) is 5.82. The molecule has 1 aliphatic rings. The number of ether oxygens (including phenoxy) is 1. The molecule has 0 spiro atoms. The number of carbonyl (C=O) groups excluding carboxylic acids is 1. The van der Waals surface area contributed by atoms with Crippen LogP contribution < -0.4 is 4.90 Å². The Kier molecular flexibility index (Phi) is 6.19. The minimum atomic E-state index is -0.00397. The highest BCUT2D eigenvalue weighted by Crippen LogP contribution is 2.33. The van der Waals surface area contributed by atoms with E-state index >= 15 is 0 Å². The van der Waals surface area contributed by atoms with Crippen molar-refractivity contribution in [1.29, 1.82) is 0 Å². The molecule has 1 saturated heterocycles. The normalized spacial score (nSPS) is 14.9. The Balaban J connectivity index is 1.44. The molecule has 0 atom stereocenters. The second-order valence-corrected chi connectivity index (χ2v) is 10.1. The average Bonchev–Trinajstić information content (AvgIpc) is 3.43. The molecule has 0 unspecified atom stereocenters. The molecule has 0 bridgehead atoms. The van der Waals surface area contributed by atoms with Crippen LogP contribution in [0.5, 0.6) is 0 Å². The molecule has 166 valence electrons. The molecule has 6 nitrogen and oxygen atoms in total. The number of morpholine rings is 1. The van der Waals surface area contributed by atoms with E-state index in [1.54, 1.807) is 22.7 Å². The maximum atomic E-state index is 13.7. The van der Waals surface area contributed by atoms with Crippen LogP contribution >= 0.6 is 22.7 Å². The van der Waals surface area contributed by atoms with Crippen LogP contribution in [0.25, 0.3) is 20.4 Å². The van der Waals surface area contributed by atoms with Gasteiger partial charge in [0.2, 0.25) is 0 Å². The lowest BCUT2D eigenvalue weighted by Gasteiger charge is -2.27. The summed E-state index contributed by atoms with van der Waals surface area (Å²) in [6.07, 6.45) is 0.891. The highest BCUT2D eigenvalue weighted by atomic mass is 32.1. The van der Waals surface area contributed by atoms with E-state index in [9.17, 15) is 4.79 Å². The molecule has 0 saturated carbocycles. The molecule has 4 aromatic rings. The van der Waals surface area contributed by atoms with Crippen LogP contribution in [-0.2, 0) is 4.74 Å². The van der Waals surface area contributed by atoms with Crippen LogP contribution in [-0.4, -0.2) is 60.2 Å². The summed E-state index contributed by atoms with van der Waals surface area (Å²) in [5, 5.41) is 0.769. The van der Waals surface area contributed by atoms with Gasteiger partial charge in [-0.2, -0.15) is 0 Å². The average molecular weight is 467 g/mol. The van der Waals surface area contributed by atoms with E-state index in [0.717, 1.165) is 64.8 Å².